The van der Waals surface area contributed by atoms with Gasteiger partial charge in [0.2, 0.25) is 10.0 Å². The maximum absolute atomic E-state index is 14.4. The summed E-state index contributed by atoms with van der Waals surface area (Å²) in [7, 11) is -3.28. The van der Waals surface area contributed by atoms with Gasteiger partial charge in [0.15, 0.2) is 5.67 Å². The fourth-order valence-electron chi connectivity index (χ4n) is 2.12. The van der Waals surface area contributed by atoms with Gasteiger partial charge in [-0.1, -0.05) is 0 Å². The average Bonchev–Trinajstić information content (AvgIpc) is 3.09. The summed E-state index contributed by atoms with van der Waals surface area (Å²) >= 11 is 0. The van der Waals surface area contributed by atoms with Gasteiger partial charge in [0.25, 0.3) is 5.91 Å². The predicted molar refractivity (Wildman–Crippen MR) is 65.2 cm³/mol. The SMILES string of the molecule is CS(=O)(=O)N1CCC(F)(C(=O)NCC2CC2)CC1. The van der Waals surface area contributed by atoms with E-state index in [4.69, 9.17) is 0 Å². The number of piperidine rings is 1. The lowest BCUT2D eigenvalue weighted by Gasteiger charge is -2.33. The van der Waals surface area contributed by atoms with E-state index in [0.717, 1.165) is 19.1 Å². The van der Waals surface area contributed by atoms with Crippen LogP contribution in [0.15, 0.2) is 0 Å². The van der Waals surface area contributed by atoms with Gasteiger partial charge in [0, 0.05) is 32.5 Å². The van der Waals surface area contributed by atoms with Crippen molar-refractivity contribution < 1.29 is 17.6 Å². The van der Waals surface area contributed by atoms with Crippen LogP contribution in [-0.2, 0) is 14.8 Å². The number of carbonyl (C=O) groups excluding carboxylic acids is 1. The minimum Gasteiger partial charge on any atom is -0.353 e. The van der Waals surface area contributed by atoms with E-state index in [2.05, 4.69) is 5.32 Å². The molecule has 0 atom stereocenters. The highest BCUT2D eigenvalue weighted by Crippen LogP contribution is 2.30. The summed E-state index contributed by atoms with van der Waals surface area (Å²) < 4.78 is 38.2. The average molecular weight is 278 g/mol. The number of amides is 1. The smallest absolute Gasteiger partial charge is 0.257 e. The minimum absolute atomic E-state index is 0.0590. The van der Waals surface area contributed by atoms with Crippen LogP contribution in [0.2, 0.25) is 0 Å². The molecule has 1 amide bonds. The van der Waals surface area contributed by atoms with E-state index in [1.165, 1.54) is 4.31 Å². The van der Waals surface area contributed by atoms with E-state index in [1.807, 2.05) is 0 Å². The molecule has 1 N–H and O–H groups in total. The Morgan fingerprint density at radius 1 is 1.39 bits per heavy atom. The number of nitrogens with one attached hydrogen (secondary N) is 1. The molecular formula is C11H19FN2O3S. The molecule has 7 heteroatoms. The maximum atomic E-state index is 14.4. The first-order valence-electron chi connectivity index (χ1n) is 6.24. The van der Waals surface area contributed by atoms with Gasteiger partial charge >= 0.3 is 0 Å². The van der Waals surface area contributed by atoms with Gasteiger partial charge in [-0.05, 0) is 18.8 Å². The molecule has 1 saturated heterocycles. The van der Waals surface area contributed by atoms with Crippen LogP contribution in [0.5, 0.6) is 0 Å². The Balaban J connectivity index is 1.87. The van der Waals surface area contributed by atoms with E-state index < -0.39 is 21.6 Å². The second-order valence-electron chi connectivity index (χ2n) is 5.28. The van der Waals surface area contributed by atoms with Crippen molar-refractivity contribution in [2.24, 2.45) is 5.92 Å². The van der Waals surface area contributed by atoms with Gasteiger partial charge in [0.05, 0.1) is 6.26 Å². The van der Waals surface area contributed by atoms with Crippen molar-refractivity contribution >= 4 is 15.9 Å². The second-order valence-corrected chi connectivity index (χ2v) is 7.26. The number of hydrogen-bond donors (Lipinski definition) is 1. The second kappa shape index (κ2) is 4.77. The third kappa shape index (κ3) is 3.20. The van der Waals surface area contributed by atoms with Crippen LogP contribution >= 0.6 is 0 Å². The highest BCUT2D eigenvalue weighted by Gasteiger charge is 2.43. The molecule has 2 rings (SSSR count). The summed E-state index contributed by atoms with van der Waals surface area (Å²) in [6, 6.07) is 0. The highest BCUT2D eigenvalue weighted by molar-refractivity contribution is 7.88. The van der Waals surface area contributed by atoms with Gasteiger partial charge in [-0.3, -0.25) is 4.79 Å². The molecular weight excluding hydrogens is 259 g/mol. The third-order valence-electron chi connectivity index (χ3n) is 3.64. The molecule has 0 bridgehead atoms. The summed E-state index contributed by atoms with van der Waals surface area (Å²) in [5.41, 5.74) is -1.91. The Morgan fingerprint density at radius 3 is 2.39 bits per heavy atom. The van der Waals surface area contributed by atoms with Crippen molar-refractivity contribution in [1.82, 2.24) is 9.62 Å². The summed E-state index contributed by atoms with van der Waals surface area (Å²) in [6.07, 6.45) is 3.18. The first kappa shape index (κ1) is 13.7. The van der Waals surface area contributed by atoms with Gasteiger partial charge in [-0.15, -0.1) is 0 Å². The molecule has 0 aromatic rings. The molecule has 0 aromatic heterocycles. The Hall–Kier alpha value is -0.690. The van der Waals surface area contributed by atoms with Crippen molar-refractivity contribution in [2.45, 2.75) is 31.4 Å². The van der Waals surface area contributed by atoms with Gasteiger partial charge in [-0.25, -0.2) is 17.1 Å². The molecule has 1 aliphatic carbocycles. The third-order valence-corrected chi connectivity index (χ3v) is 4.94. The molecule has 0 unspecified atom stereocenters. The molecule has 0 spiro atoms. The standard InChI is InChI=1S/C11H19FN2O3S/c1-18(16,17)14-6-4-11(12,5-7-14)10(15)13-8-9-2-3-9/h9H,2-8H2,1H3,(H,13,15). The molecule has 18 heavy (non-hydrogen) atoms. The number of carbonyl (C=O) groups is 1. The Kier molecular flexibility index (Phi) is 3.64. The first-order chi connectivity index (χ1) is 8.31. The zero-order chi connectivity index (χ0) is 13.4. The van der Waals surface area contributed by atoms with E-state index in [-0.39, 0.29) is 25.9 Å². The van der Waals surface area contributed by atoms with Crippen molar-refractivity contribution in [3.05, 3.63) is 0 Å². The van der Waals surface area contributed by atoms with Crippen LogP contribution in [0.25, 0.3) is 0 Å². The first-order valence-corrected chi connectivity index (χ1v) is 8.08. The molecule has 1 heterocycles. The van der Waals surface area contributed by atoms with Crippen LogP contribution in [0.1, 0.15) is 25.7 Å². The molecule has 2 aliphatic rings. The number of halogens is 1. The lowest BCUT2D eigenvalue weighted by atomic mass is 9.93. The number of nitrogens with zero attached hydrogens (tertiary/aromatic N) is 1. The number of rotatable bonds is 4. The van der Waals surface area contributed by atoms with Crippen LogP contribution in [0, 0.1) is 5.92 Å². The Labute approximate surface area is 107 Å². The van der Waals surface area contributed by atoms with E-state index >= 15 is 0 Å². The van der Waals surface area contributed by atoms with Crippen molar-refractivity contribution in [3.8, 4) is 0 Å². The molecule has 5 nitrogen and oxygen atoms in total. The van der Waals surface area contributed by atoms with Crippen LogP contribution < -0.4 is 5.32 Å². The zero-order valence-electron chi connectivity index (χ0n) is 10.5. The summed E-state index contributed by atoms with van der Waals surface area (Å²) in [5, 5.41) is 2.63. The quantitative estimate of drug-likeness (QED) is 0.803. The molecule has 0 aromatic carbocycles. The Morgan fingerprint density at radius 2 is 1.94 bits per heavy atom. The zero-order valence-corrected chi connectivity index (χ0v) is 11.3. The van der Waals surface area contributed by atoms with E-state index in [9.17, 15) is 17.6 Å². The van der Waals surface area contributed by atoms with Crippen molar-refractivity contribution in [3.63, 3.8) is 0 Å². The van der Waals surface area contributed by atoms with E-state index in [1.54, 1.807) is 0 Å². The maximum Gasteiger partial charge on any atom is 0.257 e. The number of alkyl halides is 1. The summed E-state index contributed by atoms with van der Waals surface area (Å²) in [5.74, 6) is -0.0730. The van der Waals surface area contributed by atoms with Gasteiger partial charge in [-0.2, -0.15) is 0 Å². The molecule has 104 valence electrons. The fraction of sp³-hybridized carbons (Fsp3) is 0.909. The normalized spacial score (nSPS) is 24.8. The topological polar surface area (TPSA) is 66.5 Å². The lowest BCUT2D eigenvalue weighted by Crippen LogP contribution is -2.52. The Bertz CT molecular complexity index is 426. The fourth-order valence-corrected chi connectivity index (χ4v) is 2.96. The number of sulfonamides is 1. The highest BCUT2D eigenvalue weighted by atomic mass is 32.2. The van der Waals surface area contributed by atoms with Gasteiger partial charge in [0.1, 0.15) is 0 Å². The monoisotopic (exact) mass is 278 g/mol. The summed E-state index contributed by atoms with van der Waals surface area (Å²) in [4.78, 5) is 11.8. The predicted octanol–water partition coefficient (Wildman–Crippen LogP) is 0.276. The van der Waals surface area contributed by atoms with Crippen molar-refractivity contribution in [1.29, 1.82) is 0 Å². The minimum atomic E-state index is -3.28. The van der Waals surface area contributed by atoms with Crippen LogP contribution in [0.4, 0.5) is 4.39 Å². The largest absolute Gasteiger partial charge is 0.353 e. The molecule has 2 fully saturated rings. The molecule has 0 radical (unpaired) electrons. The van der Waals surface area contributed by atoms with Crippen LogP contribution in [0.3, 0.4) is 0 Å². The van der Waals surface area contributed by atoms with Crippen molar-refractivity contribution in [2.75, 3.05) is 25.9 Å². The van der Waals surface area contributed by atoms with Crippen LogP contribution in [-0.4, -0.2) is 50.2 Å². The summed E-state index contributed by atoms with van der Waals surface area (Å²) in [6.45, 7) is 0.693. The lowest BCUT2D eigenvalue weighted by molar-refractivity contribution is -0.135. The van der Waals surface area contributed by atoms with Gasteiger partial charge < -0.3 is 5.32 Å². The molecule has 1 saturated carbocycles. The molecule has 1 aliphatic heterocycles. The van der Waals surface area contributed by atoms with E-state index in [0.29, 0.717) is 12.5 Å². The number of hydrogen-bond acceptors (Lipinski definition) is 3.